The van der Waals surface area contributed by atoms with Crippen LogP contribution in [0.15, 0.2) is 24.3 Å². The molecule has 18 heavy (non-hydrogen) atoms. The molecule has 4 heteroatoms. The summed E-state index contributed by atoms with van der Waals surface area (Å²) in [5.41, 5.74) is 6.82. The molecule has 0 saturated heterocycles. The van der Waals surface area contributed by atoms with E-state index < -0.39 is 0 Å². The fourth-order valence-electron chi connectivity index (χ4n) is 2.29. The predicted octanol–water partition coefficient (Wildman–Crippen LogP) is 2.90. The van der Waals surface area contributed by atoms with E-state index in [1.807, 2.05) is 12.1 Å². The van der Waals surface area contributed by atoms with Crippen molar-refractivity contribution in [1.29, 1.82) is 0 Å². The van der Waals surface area contributed by atoms with Gasteiger partial charge in [0.15, 0.2) is 0 Å². The van der Waals surface area contributed by atoms with Crippen molar-refractivity contribution in [3.63, 3.8) is 0 Å². The van der Waals surface area contributed by atoms with Crippen molar-refractivity contribution in [1.82, 2.24) is 0 Å². The molecular weight excluding hydrogens is 250 g/mol. The Kier molecular flexibility index (Phi) is 4.61. The number of halogens is 1. The van der Waals surface area contributed by atoms with Crippen LogP contribution in [0.2, 0.25) is 5.02 Å². The van der Waals surface area contributed by atoms with Gasteiger partial charge in [-0.15, -0.1) is 0 Å². The first-order valence-corrected chi connectivity index (χ1v) is 6.69. The van der Waals surface area contributed by atoms with Crippen LogP contribution in [-0.4, -0.2) is 12.0 Å². The molecule has 3 nitrogen and oxygen atoms in total. The number of nitrogens with two attached hydrogens (primary N) is 1. The highest BCUT2D eigenvalue weighted by atomic mass is 35.5. The number of esters is 1. The van der Waals surface area contributed by atoms with Gasteiger partial charge in [-0.2, -0.15) is 0 Å². The van der Waals surface area contributed by atoms with E-state index in [9.17, 15) is 4.79 Å². The molecule has 1 aromatic rings. The molecule has 0 radical (unpaired) electrons. The summed E-state index contributed by atoms with van der Waals surface area (Å²) in [5.74, 6) is -0.152. The monoisotopic (exact) mass is 267 g/mol. The zero-order chi connectivity index (χ0) is 13.0. The van der Waals surface area contributed by atoms with Gasteiger partial charge in [-0.1, -0.05) is 30.2 Å². The highest BCUT2D eigenvalue weighted by Crippen LogP contribution is 2.24. The first-order chi connectivity index (χ1) is 8.65. The van der Waals surface area contributed by atoms with Crippen molar-refractivity contribution in [2.75, 3.05) is 0 Å². The fourth-order valence-corrected chi connectivity index (χ4v) is 2.42. The molecule has 2 N–H and O–H groups in total. The van der Waals surface area contributed by atoms with Gasteiger partial charge in [0.25, 0.3) is 0 Å². The zero-order valence-electron chi connectivity index (χ0n) is 10.3. The van der Waals surface area contributed by atoms with Crippen LogP contribution in [0.3, 0.4) is 0 Å². The summed E-state index contributed by atoms with van der Waals surface area (Å²) >= 11 is 5.79. The summed E-state index contributed by atoms with van der Waals surface area (Å²) in [7, 11) is 0. The molecule has 0 amide bonds. The fraction of sp³-hybridized carbons (Fsp3) is 0.500. The van der Waals surface area contributed by atoms with E-state index in [4.69, 9.17) is 22.1 Å². The Balaban J connectivity index is 1.82. The third-order valence-electron chi connectivity index (χ3n) is 3.34. The second kappa shape index (κ2) is 6.21. The number of rotatable bonds is 3. The molecule has 0 aliphatic heterocycles. The van der Waals surface area contributed by atoms with Crippen LogP contribution < -0.4 is 5.73 Å². The Labute approximate surface area is 112 Å². The first kappa shape index (κ1) is 13.4. The van der Waals surface area contributed by atoms with Crippen molar-refractivity contribution in [2.45, 2.75) is 38.3 Å². The summed E-state index contributed by atoms with van der Waals surface area (Å²) in [6.45, 7) is 0.307. The Bertz CT molecular complexity index is 405. The molecule has 0 bridgehead atoms. The van der Waals surface area contributed by atoms with Crippen LogP contribution in [-0.2, 0) is 16.1 Å². The van der Waals surface area contributed by atoms with Gasteiger partial charge >= 0.3 is 5.97 Å². The molecule has 2 atom stereocenters. The molecular formula is C14H18ClNO2. The topological polar surface area (TPSA) is 52.3 Å². The van der Waals surface area contributed by atoms with E-state index in [1.54, 1.807) is 12.1 Å². The van der Waals surface area contributed by atoms with Crippen LogP contribution >= 0.6 is 11.6 Å². The predicted molar refractivity (Wildman–Crippen MR) is 71.2 cm³/mol. The maximum absolute atomic E-state index is 11.9. The summed E-state index contributed by atoms with van der Waals surface area (Å²) in [6, 6.07) is 7.46. The van der Waals surface area contributed by atoms with Gasteiger partial charge in [0.1, 0.15) is 6.61 Å². The number of benzene rings is 1. The third kappa shape index (κ3) is 3.72. The average molecular weight is 268 g/mol. The summed E-state index contributed by atoms with van der Waals surface area (Å²) < 4.78 is 5.32. The Morgan fingerprint density at radius 3 is 2.72 bits per heavy atom. The van der Waals surface area contributed by atoms with Gasteiger partial charge in [0.05, 0.1) is 5.92 Å². The van der Waals surface area contributed by atoms with E-state index in [1.165, 1.54) is 0 Å². The van der Waals surface area contributed by atoms with Gasteiger partial charge < -0.3 is 10.5 Å². The maximum atomic E-state index is 11.9. The van der Waals surface area contributed by atoms with Gasteiger partial charge in [-0.05, 0) is 37.0 Å². The minimum absolute atomic E-state index is 0.0268. The summed E-state index contributed by atoms with van der Waals surface area (Å²) in [6.07, 6.45) is 3.68. The van der Waals surface area contributed by atoms with E-state index in [0.29, 0.717) is 11.6 Å². The van der Waals surface area contributed by atoms with Crippen LogP contribution in [0.4, 0.5) is 0 Å². The normalized spacial score (nSPS) is 23.7. The van der Waals surface area contributed by atoms with Crippen molar-refractivity contribution in [2.24, 2.45) is 11.7 Å². The molecule has 2 unspecified atom stereocenters. The first-order valence-electron chi connectivity index (χ1n) is 6.32. The smallest absolute Gasteiger partial charge is 0.309 e. The number of carbonyl (C=O) groups excluding carboxylic acids is 1. The molecule has 0 aromatic heterocycles. The number of hydrogen-bond acceptors (Lipinski definition) is 3. The van der Waals surface area contributed by atoms with Crippen LogP contribution in [0, 0.1) is 5.92 Å². The van der Waals surface area contributed by atoms with Crippen molar-refractivity contribution in [3.05, 3.63) is 34.9 Å². The molecule has 1 saturated carbocycles. The second-order valence-corrected chi connectivity index (χ2v) is 5.29. The molecule has 1 aliphatic carbocycles. The highest BCUT2D eigenvalue weighted by Gasteiger charge is 2.26. The molecule has 98 valence electrons. The summed E-state index contributed by atoms with van der Waals surface area (Å²) in [4.78, 5) is 11.9. The lowest BCUT2D eigenvalue weighted by atomic mass is 9.86. The SMILES string of the molecule is NC1CCCC(C(=O)OCc2ccc(Cl)cc2)C1. The second-order valence-electron chi connectivity index (χ2n) is 4.86. The van der Waals surface area contributed by atoms with E-state index in [2.05, 4.69) is 0 Å². The zero-order valence-corrected chi connectivity index (χ0v) is 11.0. The van der Waals surface area contributed by atoms with E-state index in [0.717, 1.165) is 31.2 Å². The van der Waals surface area contributed by atoms with Crippen molar-refractivity contribution < 1.29 is 9.53 Å². The maximum Gasteiger partial charge on any atom is 0.309 e. The minimum atomic E-state index is -0.125. The quantitative estimate of drug-likeness (QED) is 0.857. The molecule has 2 rings (SSSR count). The molecule has 0 heterocycles. The van der Waals surface area contributed by atoms with E-state index >= 15 is 0 Å². The van der Waals surface area contributed by atoms with Crippen LogP contribution in [0.5, 0.6) is 0 Å². The minimum Gasteiger partial charge on any atom is -0.461 e. The third-order valence-corrected chi connectivity index (χ3v) is 3.59. The lowest BCUT2D eigenvalue weighted by molar-refractivity contribution is -0.151. The largest absolute Gasteiger partial charge is 0.461 e. The molecule has 1 fully saturated rings. The van der Waals surface area contributed by atoms with Gasteiger partial charge in [-0.3, -0.25) is 4.79 Å². The number of ether oxygens (including phenoxy) is 1. The van der Waals surface area contributed by atoms with Crippen molar-refractivity contribution >= 4 is 17.6 Å². The lowest BCUT2D eigenvalue weighted by Gasteiger charge is -2.24. The number of carbonyl (C=O) groups is 1. The number of hydrogen-bond donors (Lipinski definition) is 1. The van der Waals surface area contributed by atoms with Crippen molar-refractivity contribution in [3.8, 4) is 0 Å². The molecule has 0 spiro atoms. The standard InChI is InChI=1S/C14H18ClNO2/c15-12-6-4-10(5-7-12)9-18-14(17)11-2-1-3-13(16)8-11/h4-7,11,13H,1-3,8-9,16H2. The van der Waals surface area contributed by atoms with Gasteiger partial charge in [0.2, 0.25) is 0 Å². The van der Waals surface area contributed by atoms with Gasteiger partial charge in [0, 0.05) is 11.1 Å². The Morgan fingerprint density at radius 2 is 2.06 bits per heavy atom. The molecule has 1 aromatic carbocycles. The Morgan fingerprint density at radius 1 is 1.33 bits per heavy atom. The van der Waals surface area contributed by atoms with E-state index in [-0.39, 0.29) is 17.9 Å². The summed E-state index contributed by atoms with van der Waals surface area (Å²) in [5, 5.41) is 0.684. The van der Waals surface area contributed by atoms with Gasteiger partial charge in [-0.25, -0.2) is 0 Å². The average Bonchev–Trinajstić information content (AvgIpc) is 2.38. The van der Waals surface area contributed by atoms with Crippen LogP contribution in [0.1, 0.15) is 31.2 Å². The Hall–Kier alpha value is -1.06. The molecule has 1 aliphatic rings. The lowest BCUT2D eigenvalue weighted by Crippen LogP contribution is -2.32. The van der Waals surface area contributed by atoms with Crippen LogP contribution in [0.25, 0.3) is 0 Å². The highest BCUT2D eigenvalue weighted by molar-refractivity contribution is 6.30.